The van der Waals surface area contributed by atoms with E-state index in [1.54, 1.807) is 31.6 Å². The molecule has 0 radical (unpaired) electrons. The van der Waals surface area contributed by atoms with Crippen LogP contribution in [0.25, 0.3) is 0 Å². The van der Waals surface area contributed by atoms with Gasteiger partial charge in [0.15, 0.2) is 5.69 Å². The Kier molecular flexibility index (Phi) is 5.64. The molecular formula is C16H26N4O5S. The van der Waals surface area contributed by atoms with Crippen molar-refractivity contribution in [2.24, 2.45) is 0 Å². The summed E-state index contributed by atoms with van der Waals surface area (Å²) in [6, 6.07) is 1.53. The number of rotatable bonds is 4. The van der Waals surface area contributed by atoms with Crippen LogP contribution in [0.1, 0.15) is 57.6 Å². The number of nitrogens with one attached hydrogen (secondary N) is 1. The van der Waals surface area contributed by atoms with Crippen LogP contribution in [0.3, 0.4) is 0 Å². The Hall–Kier alpha value is -2.10. The molecule has 26 heavy (non-hydrogen) atoms. The summed E-state index contributed by atoms with van der Waals surface area (Å²) >= 11 is 0. The first-order chi connectivity index (χ1) is 11.9. The molecule has 9 nitrogen and oxygen atoms in total. The average Bonchev–Trinajstić information content (AvgIpc) is 3.15. The smallest absolute Gasteiger partial charge is 0.410 e. The van der Waals surface area contributed by atoms with E-state index in [2.05, 4.69) is 9.82 Å². The van der Waals surface area contributed by atoms with Crippen molar-refractivity contribution in [1.82, 2.24) is 19.4 Å². The van der Waals surface area contributed by atoms with Gasteiger partial charge in [0.05, 0.1) is 5.25 Å². The molecule has 2 heterocycles. The van der Waals surface area contributed by atoms with Gasteiger partial charge in [-0.25, -0.2) is 17.9 Å². The third kappa shape index (κ3) is 4.96. The Labute approximate surface area is 153 Å². The second-order valence-electron chi connectivity index (χ2n) is 7.59. The first-order valence-corrected chi connectivity index (χ1v) is 10.0. The minimum Gasteiger partial charge on any atom is -0.444 e. The van der Waals surface area contributed by atoms with Gasteiger partial charge in [-0.05, 0) is 47.1 Å². The fraction of sp³-hybridized carbons (Fsp3) is 0.688. The van der Waals surface area contributed by atoms with Crippen molar-refractivity contribution in [2.75, 3.05) is 13.1 Å². The van der Waals surface area contributed by atoms with Gasteiger partial charge < -0.3 is 9.64 Å². The molecule has 2 rings (SSSR count). The van der Waals surface area contributed by atoms with E-state index >= 15 is 0 Å². The van der Waals surface area contributed by atoms with Crippen LogP contribution in [0.4, 0.5) is 4.79 Å². The van der Waals surface area contributed by atoms with E-state index in [1.165, 1.54) is 11.0 Å². The van der Waals surface area contributed by atoms with Crippen LogP contribution in [0.2, 0.25) is 0 Å². The number of likely N-dealkylation sites (tertiary alicyclic amines) is 1. The van der Waals surface area contributed by atoms with Gasteiger partial charge >= 0.3 is 6.09 Å². The number of sulfonamides is 1. The summed E-state index contributed by atoms with van der Waals surface area (Å²) in [4.78, 5) is 25.6. The molecule has 1 N–H and O–H groups in total. The molecule has 0 saturated carbocycles. The van der Waals surface area contributed by atoms with E-state index in [0.717, 1.165) is 0 Å². The number of ether oxygens (including phenoxy) is 1. The molecule has 1 aromatic rings. The monoisotopic (exact) mass is 386 g/mol. The first-order valence-electron chi connectivity index (χ1n) is 8.48. The van der Waals surface area contributed by atoms with Crippen molar-refractivity contribution < 1.29 is 22.7 Å². The second-order valence-corrected chi connectivity index (χ2v) is 9.55. The summed E-state index contributed by atoms with van der Waals surface area (Å²) in [6.45, 7) is 9.27. The molecule has 0 aromatic carbocycles. The highest BCUT2D eigenvalue weighted by Crippen LogP contribution is 2.19. The van der Waals surface area contributed by atoms with Crippen LogP contribution < -0.4 is 4.72 Å². The molecule has 2 amide bonds. The van der Waals surface area contributed by atoms with Crippen LogP contribution in [-0.2, 0) is 14.8 Å². The predicted octanol–water partition coefficient (Wildman–Crippen LogP) is 1.53. The van der Waals surface area contributed by atoms with Crippen molar-refractivity contribution in [2.45, 2.75) is 57.9 Å². The fourth-order valence-corrected chi connectivity index (χ4v) is 3.81. The lowest BCUT2D eigenvalue weighted by atomic mass is 10.2. The summed E-state index contributed by atoms with van der Waals surface area (Å²) in [5, 5.41) is 3.19. The summed E-state index contributed by atoms with van der Waals surface area (Å²) in [7, 11) is -3.93. The lowest BCUT2D eigenvalue weighted by molar-refractivity contribution is 0.0295. The van der Waals surface area contributed by atoms with Crippen molar-refractivity contribution in [3.05, 3.63) is 18.0 Å². The molecule has 0 spiro atoms. The number of nitrogens with zero attached hydrogens (tertiary/aromatic N) is 3. The third-order valence-electron chi connectivity index (χ3n) is 3.84. The maximum atomic E-state index is 12.5. The molecule has 1 saturated heterocycles. The van der Waals surface area contributed by atoms with Crippen LogP contribution in [0.5, 0.6) is 0 Å². The number of carbonyl (C=O) groups excluding carboxylic acids is 2. The van der Waals surface area contributed by atoms with Crippen molar-refractivity contribution in [3.8, 4) is 0 Å². The van der Waals surface area contributed by atoms with Crippen LogP contribution in [-0.4, -0.2) is 59.0 Å². The molecule has 0 bridgehead atoms. The first kappa shape index (κ1) is 20.2. The minimum absolute atomic E-state index is 0.0159. The molecule has 1 aliphatic rings. The number of carbonyl (C=O) groups is 2. The zero-order chi connectivity index (χ0) is 19.7. The number of amides is 2. The normalized spacial score (nSPS) is 18.2. The number of hydrogen-bond acceptors (Lipinski definition) is 6. The maximum Gasteiger partial charge on any atom is 0.410 e. The molecule has 1 aliphatic heterocycles. The third-order valence-corrected chi connectivity index (χ3v) is 5.57. The molecule has 146 valence electrons. The van der Waals surface area contributed by atoms with Gasteiger partial charge in [-0.2, -0.15) is 5.10 Å². The standard InChI is InChI=1S/C16H26N4O5S/c1-11(2)20-9-7-13(17-20)14(21)18-26(23,24)12-6-8-19(10-12)15(22)25-16(3,4)5/h7,9,11-12H,6,8,10H2,1-5H3,(H,18,21). The van der Waals surface area contributed by atoms with Crippen molar-refractivity contribution in [3.63, 3.8) is 0 Å². The van der Waals surface area contributed by atoms with E-state index in [9.17, 15) is 18.0 Å². The zero-order valence-corrected chi connectivity index (χ0v) is 16.5. The molecule has 10 heteroatoms. The van der Waals surface area contributed by atoms with Crippen molar-refractivity contribution in [1.29, 1.82) is 0 Å². The summed E-state index contributed by atoms with van der Waals surface area (Å²) < 4.78 is 33.8. The lowest BCUT2D eigenvalue weighted by Crippen LogP contribution is -2.41. The van der Waals surface area contributed by atoms with Crippen LogP contribution >= 0.6 is 0 Å². The number of hydrogen-bond donors (Lipinski definition) is 1. The summed E-state index contributed by atoms with van der Waals surface area (Å²) in [6.07, 6.45) is 1.30. The maximum absolute atomic E-state index is 12.5. The SMILES string of the molecule is CC(C)n1ccc(C(=O)NS(=O)(=O)C2CCN(C(=O)OC(C)(C)C)C2)n1. The van der Waals surface area contributed by atoms with Gasteiger partial charge in [0.25, 0.3) is 5.91 Å². The van der Waals surface area contributed by atoms with E-state index in [1.807, 2.05) is 13.8 Å². The van der Waals surface area contributed by atoms with Crippen LogP contribution in [0, 0.1) is 0 Å². The molecule has 1 fully saturated rings. The Morgan fingerprint density at radius 3 is 2.54 bits per heavy atom. The Morgan fingerprint density at radius 2 is 2.00 bits per heavy atom. The van der Waals surface area contributed by atoms with Gasteiger partial charge in [0.2, 0.25) is 10.0 Å². The molecule has 1 unspecified atom stereocenters. The minimum atomic E-state index is -3.93. The Bertz CT molecular complexity index is 779. The highest BCUT2D eigenvalue weighted by Gasteiger charge is 2.38. The Morgan fingerprint density at radius 1 is 1.35 bits per heavy atom. The summed E-state index contributed by atoms with van der Waals surface area (Å²) in [5.74, 6) is -0.778. The Balaban J connectivity index is 1.99. The largest absolute Gasteiger partial charge is 0.444 e. The van der Waals surface area contributed by atoms with Gasteiger partial charge in [-0.1, -0.05) is 0 Å². The van der Waals surface area contributed by atoms with Crippen molar-refractivity contribution >= 4 is 22.0 Å². The van der Waals surface area contributed by atoms with E-state index < -0.39 is 32.9 Å². The van der Waals surface area contributed by atoms with E-state index in [0.29, 0.717) is 0 Å². The highest BCUT2D eigenvalue weighted by molar-refractivity contribution is 7.90. The number of aromatic nitrogens is 2. The highest BCUT2D eigenvalue weighted by atomic mass is 32.2. The molecule has 1 atom stereocenters. The molecule has 0 aliphatic carbocycles. The fourth-order valence-electron chi connectivity index (χ4n) is 2.49. The average molecular weight is 386 g/mol. The van der Waals surface area contributed by atoms with Gasteiger partial charge in [-0.3, -0.25) is 9.48 Å². The van der Waals surface area contributed by atoms with Gasteiger partial charge in [0, 0.05) is 25.3 Å². The second kappa shape index (κ2) is 7.26. The topological polar surface area (TPSA) is 111 Å². The quantitative estimate of drug-likeness (QED) is 0.840. The summed E-state index contributed by atoms with van der Waals surface area (Å²) in [5.41, 5.74) is -0.624. The molecular weight excluding hydrogens is 360 g/mol. The molecule has 1 aromatic heterocycles. The predicted molar refractivity (Wildman–Crippen MR) is 95.2 cm³/mol. The zero-order valence-electron chi connectivity index (χ0n) is 15.7. The van der Waals surface area contributed by atoms with E-state index in [-0.39, 0.29) is 31.2 Å². The lowest BCUT2D eigenvalue weighted by Gasteiger charge is -2.24. The van der Waals surface area contributed by atoms with Gasteiger partial charge in [0.1, 0.15) is 5.60 Å². The van der Waals surface area contributed by atoms with E-state index in [4.69, 9.17) is 4.74 Å². The van der Waals surface area contributed by atoms with Gasteiger partial charge in [-0.15, -0.1) is 0 Å². The van der Waals surface area contributed by atoms with Crippen LogP contribution in [0.15, 0.2) is 12.3 Å².